The van der Waals surface area contributed by atoms with Crippen molar-refractivity contribution in [2.24, 2.45) is 0 Å². The number of fused-ring (bicyclic) bond motifs is 1. The van der Waals surface area contributed by atoms with E-state index in [1.807, 2.05) is 13.0 Å². The standard InChI is InChI=1S/C13H10ClN3OS/c1-7-6-10-11(16-13(15)17-12(10)19-7)18-9-4-2-8(14)3-5-9/h2-6H,1H3,(H2,15,16,17). The lowest BCUT2D eigenvalue weighted by Gasteiger charge is -2.06. The fourth-order valence-corrected chi connectivity index (χ4v) is 2.73. The van der Waals surface area contributed by atoms with Crippen molar-refractivity contribution >= 4 is 39.1 Å². The number of rotatable bonds is 2. The highest BCUT2D eigenvalue weighted by molar-refractivity contribution is 7.18. The summed E-state index contributed by atoms with van der Waals surface area (Å²) in [6.45, 7) is 2.01. The molecule has 0 atom stereocenters. The molecule has 2 heterocycles. The van der Waals surface area contributed by atoms with Crippen LogP contribution in [0.1, 0.15) is 4.88 Å². The van der Waals surface area contributed by atoms with Crippen LogP contribution in [0.4, 0.5) is 5.95 Å². The first kappa shape index (κ1) is 12.2. The van der Waals surface area contributed by atoms with Gasteiger partial charge in [-0.15, -0.1) is 11.3 Å². The average molecular weight is 292 g/mol. The minimum Gasteiger partial charge on any atom is -0.438 e. The molecule has 0 aliphatic rings. The first-order valence-corrected chi connectivity index (χ1v) is 6.78. The number of benzene rings is 1. The molecule has 0 amide bonds. The van der Waals surface area contributed by atoms with Crippen LogP contribution in [0.25, 0.3) is 10.2 Å². The number of nitrogens with zero attached hydrogens (tertiary/aromatic N) is 2. The van der Waals surface area contributed by atoms with Gasteiger partial charge in [-0.2, -0.15) is 4.98 Å². The Kier molecular flexibility index (Phi) is 3.00. The van der Waals surface area contributed by atoms with E-state index in [0.717, 1.165) is 15.1 Å². The van der Waals surface area contributed by atoms with Crippen molar-refractivity contribution in [2.45, 2.75) is 6.92 Å². The van der Waals surface area contributed by atoms with Crippen LogP contribution in [0.15, 0.2) is 30.3 Å². The third-order valence-corrected chi connectivity index (χ3v) is 3.72. The molecule has 0 spiro atoms. The van der Waals surface area contributed by atoms with Gasteiger partial charge in [-0.05, 0) is 37.3 Å². The first-order chi connectivity index (χ1) is 9.11. The minimum atomic E-state index is 0.207. The quantitative estimate of drug-likeness (QED) is 0.774. The fourth-order valence-electron chi connectivity index (χ4n) is 1.72. The Hall–Kier alpha value is -1.85. The van der Waals surface area contributed by atoms with Gasteiger partial charge in [0.25, 0.3) is 0 Å². The summed E-state index contributed by atoms with van der Waals surface area (Å²) in [5.74, 6) is 1.33. The molecule has 2 aromatic heterocycles. The molecule has 3 aromatic rings. The van der Waals surface area contributed by atoms with E-state index in [1.165, 1.54) is 0 Å². The topological polar surface area (TPSA) is 61.0 Å². The Morgan fingerprint density at radius 2 is 1.95 bits per heavy atom. The molecule has 0 saturated heterocycles. The lowest BCUT2D eigenvalue weighted by atomic mass is 10.3. The van der Waals surface area contributed by atoms with Gasteiger partial charge in [-0.1, -0.05) is 11.6 Å². The van der Waals surface area contributed by atoms with Crippen LogP contribution in [0, 0.1) is 6.92 Å². The summed E-state index contributed by atoms with van der Waals surface area (Å²) in [6, 6.07) is 9.08. The predicted molar refractivity (Wildman–Crippen MR) is 78.1 cm³/mol. The highest BCUT2D eigenvalue weighted by Crippen LogP contribution is 2.33. The molecule has 0 aliphatic carbocycles. The van der Waals surface area contributed by atoms with E-state index in [0.29, 0.717) is 16.7 Å². The van der Waals surface area contributed by atoms with Gasteiger partial charge in [-0.25, -0.2) is 4.98 Å². The molecule has 0 aliphatic heterocycles. The Morgan fingerprint density at radius 1 is 1.21 bits per heavy atom. The van der Waals surface area contributed by atoms with E-state index >= 15 is 0 Å². The normalized spacial score (nSPS) is 10.8. The number of thiophene rings is 1. The summed E-state index contributed by atoms with van der Waals surface area (Å²) in [5.41, 5.74) is 5.70. The largest absolute Gasteiger partial charge is 0.438 e. The van der Waals surface area contributed by atoms with Crippen molar-refractivity contribution in [3.05, 3.63) is 40.2 Å². The Labute approximate surface area is 118 Å². The number of hydrogen-bond donors (Lipinski definition) is 1. The molecule has 4 nitrogen and oxygen atoms in total. The van der Waals surface area contributed by atoms with Crippen LogP contribution in [0.2, 0.25) is 5.02 Å². The van der Waals surface area contributed by atoms with Crippen LogP contribution in [-0.2, 0) is 0 Å². The lowest BCUT2D eigenvalue weighted by Crippen LogP contribution is -1.97. The van der Waals surface area contributed by atoms with Gasteiger partial charge >= 0.3 is 0 Å². The molecule has 6 heteroatoms. The minimum absolute atomic E-state index is 0.207. The van der Waals surface area contributed by atoms with Gasteiger partial charge in [0.2, 0.25) is 11.8 Å². The van der Waals surface area contributed by atoms with E-state index in [2.05, 4.69) is 9.97 Å². The second-order valence-corrected chi connectivity index (χ2v) is 5.69. The van der Waals surface area contributed by atoms with Gasteiger partial charge in [0.15, 0.2) is 0 Å². The summed E-state index contributed by atoms with van der Waals surface area (Å²) in [7, 11) is 0. The molecule has 3 rings (SSSR count). The van der Waals surface area contributed by atoms with Gasteiger partial charge < -0.3 is 10.5 Å². The fraction of sp³-hybridized carbons (Fsp3) is 0.0769. The average Bonchev–Trinajstić information content (AvgIpc) is 2.72. The SMILES string of the molecule is Cc1cc2c(Oc3ccc(Cl)cc3)nc(N)nc2s1. The zero-order valence-corrected chi connectivity index (χ0v) is 11.6. The van der Waals surface area contributed by atoms with E-state index in [4.69, 9.17) is 22.1 Å². The summed E-state index contributed by atoms with van der Waals surface area (Å²) >= 11 is 7.40. The monoisotopic (exact) mass is 291 g/mol. The van der Waals surface area contributed by atoms with Gasteiger partial charge in [-0.3, -0.25) is 0 Å². The Morgan fingerprint density at radius 3 is 2.68 bits per heavy atom. The van der Waals surface area contributed by atoms with Crippen LogP contribution < -0.4 is 10.5 Å². The van der Waals surface area contributed by atoms with Crippen molar-refractivity contribution in [3.8, 4) is 11.6 Å². The summed E-state index contributed by atoms with van der Waals surface area (Å²) in [4.78, 5) is 10.3. The van der Waals surface area contributed by atoms with E-state index in [9.17, 15) is 0 Å². The van der Waals surface area contributed by atoms with E-state index < -0.39 is 0 Å². The smallest absolute Gasteiger partial charge is 0.232 e. The number of hydrogen-bond acceptors (Lipinski definition) is 5. The van der Waals surface area contributed by atoms with Crippen molar-refractivity contribution in [3.63, 3.8) is 0 Å². The molecule has 1 aromatic carbocycles. The molecule has 0 fully saturated rings. The molecule has 0 radical (unpaired) electrons. The van der Waals surface area contributed by atoms with Gasteiger partial charge in [0.05, 0.1) is 5.39 Å². The molecule has 19 heavy (non-hydrogen) atoms. The van der Waals surface area contributed by atoms with Crippen LogP contribution in [-0.4, -0.2) is 9.97 Å². The molecule has 96 valence electrons. The summed E-state index contributed by atoms with van der Waals surface area (Å²) in [5, 5.41) is 1.53. The van der Waals surface area contributed by atoms with Crippen molar-refractivity contribution in [2.75, 3.05) is 5.73 Å². The van der Waals surface area contributed by atoms with E-state index in [-0.39, 0.29) is 5.95 Å². The number of aromatic nitrogens is 2. The number of nitrogen functional groups attached to an aromatic ring is 1. The maximum atomic E-state index is 5.84. The maximum Gasteiger partial charge on any atom is 0.232 e. The summed E-state index contributed by atoms with van der Waals surface area (Å²) in [6.07, 6.45) is 0. The molecular weight excluding hydrogens is 282 g/mol. The lowest BCUT2D eigenvalue weighted by molar-refractivity contribution is 0.469. The Bertz CT molecular complexity index is 739. The molecule has 2 N–H and O–H groups in total. The van der Waals surface area contributed by atoms with Gasteiger partial charge in [0.1, 0.15) is 10.6 Å². The third-order valence-electron chi connectivity index (χ3n) is 2.53. The molecule has 0 bridgehead atoms. The maximum absolute atomic E-state index is 5.84. The molecule has 0 unspecified atom stereocenters. The van der Waals surface area contributed by atoms with Gasteiger partial charge in [0, 0.05) is 9.90 Å². The zero-order chi connectivity index (χ0) is 13.4. The molecular formula is C13H10ClN3OS. The zero-order valence-electron chi connectivity index (χ0n) is 10.1. The number of halogens is 1. The highest BCUT2D eigenvalue weighted by Gasteiger charge is 2.11. The van der Waals surface area contributed by atoms with Crippen LogP contribution in [0.3, 0.4) is 0 Å². The number of nitrogens with two attached hydrogens (primary N) is 1. The van der Waals surface area contributed by atoms with E-state index in [1.54, 1.807) is 35.6 Å². The number of ether oxygens (including phenoxy) is 1. The first-order valence-electron chi connectivity index (χ1n) is 5.59. The van der Waals surface area contributed by atoms with Crippen molar-refractivity contribution < 1.29 is 4.74 Å². The highest BCUT2D eigenvalue weighted by atomic mass is 35.5. The van der Waals surface area contributed by atoms with Crippen molar-refractivity contribution in [1.82, 2.24) is 9.97 Å². The number of aryl methyl sites for hydroxylation is 1. The van der Waals surface area contributed by atoms with Crippen molar-refractivity contribution in [1.29, 1.82) is 0 Å². The Balaban J connectivity index is 2.06. The second kappa shape index (κ2) is 4.68. The molecule has 0 saturated carbocycles. The third kappa shape index (κ3) is 2.47. The van der Waals surface area contributed by atoms with Crippen LogP contribution in [0.5, 0.6) is 11.6 Å². The summed E-state index contributed by atoms with van der Waals surface area (Å²) < 4.78 is 5.76. The second-order valence-electron chi connectivity index (χ2n) is 4.02. The number of anilines is 1. The van der Waals surface area contributed by atoms with Crippen LogP contribution >= 0.6 is 22.9 Å². The predicted octanol–water partition coefficient (Wildman–Crippen LogP) is 4.03.